The zero-order valence-corrected chi connectivity index (χ0v) is 15.3. The van der Waals surface area contributed by atoms with Crippen LogP contribution in [0, 0.1) is 5.92 Å². The molecule has 1 fully saturated rings. The molecule has 0 aromatic rings. The molecule has 5 heteroatoms. The van der Waals surface area contributed by atoms with Gasteiger partial charge in [0.15, 0.2) is 0 Å². The molecule has 0 spiro atoms. The van der Waals surface area contributed by atoms with E-state index in [1.54, 1.807) is 0 Å². The van der Waals surface area contributed by atoms with E-state index in [4.69, 9.17) is 0 Å². The number of allylic oxidation sites excluding steroid dienone is 4. The summed E-state index contributed by atoms with van der Waals surface area (Å²) in [6.45, 7) is 4.35. The first kappa shape index (κ1) is 20.1. The standard InChI is InChI=1S/C7H13NO.C5H5.C3H6.2ClH.Ti/c8-7(9)6-4-2-1-3-5-6;1-2-4-5-3-1;1-3-2;;;/h6H,1-5H2,(H2,8,9);1-3H,4H2;1-2H3;2*1H;/q;;;;;+3/p-3. The molecule has 0 atom stereocenters. The van der Waals surface area contributed by atoms with Gasteiger partial charge in [0, 0.05) is 0 Å². The van der Waals surface area contributed by atoms with Gasteiger partial charge in [-0.15, -0.1) is 0 Å². The molecule has 20 heavy (non-hydrogen) atoms. The predicted molar refractivity (Wildman–Crippen MR) is 72.9 cm³/mol. The van der Waals surface area contributed by atoms with Crippen LogP contribution in [0.25, 0.3) is 0 Å². The first-order valence-corrected chi connectivity index (χ1v) is 9.37. The molecule has 0 aliphatic heterocycles. The van der Waals surface area contributed by atoms with Gasteiger partial charge in [-0.2, -0.15) is 0 Å². The summed E-state index contributed by atoms with van der Waals surface area (Å²) in [7, 11) is 0. The maximum absolute atomic E-state index is 12.3. The van der Waals surface area contributed by atoms with Gasteiger partial charge in [-0.3, -0.25) is 0 Å². The minimum absolute atomic E-state index is 0. The average Bonchev–Trinajstić information content (AvgIpc) is 2.90. The van der Waals surface area contributed by atoms with E-state index < -0.39 is 17.7 Å². The minimum atomic E-state index is -1.67. The number of hydrogen-bond acceptors (Lipinski definition) is 1. The van der Waals surface area contributed by atoms with Gasteiger partial charge in [0.2, 0.25) is 0 Å². The monoisotopic (exact) mass is 351 g/mol. The Kier molecular flexibility index (Phi) is 10.0. The molecule has 0 radical (unpaired) electrons. The Hall–Kier alpha value is 0.114. The van der Waals surface area contributed by atoms with Gasteiger partial charge < -0.3 is 24.8 Å². The van der Waals surface area contributed by atoms with E-state index in [-0.39, 0.29) is 30.7 Å². The molecule has 0 aromatic heterocycles. The van der Waals surface area contributed by atoms with Crippen molar-refractivity contribution in [3.05, 3.63) is 22.1 Å². The van der Waals surface area contributed by atoms with Gasteiger partial charge in [-0.25, -0.2) is 0 Å². The van der Waals surface area contributed by atoms with E-state index >= 15 is 0 Å². The number of halogens is 2. The SMILES string of the molecule is C[C](C)=[Ti+2]([NH]C(=O)C1CCCCC1)[C]1=CC=CC1.[Cl-].[Cl-]. The van der Waals surface area contributed by atoms with Crippen LogP contribution in [0.1, 0.15) is 52.4 Å². The van der Waals surface area contributed by atoms with Crippen LogP contribution in [0.3, 0.4) is 0 Å². The molecule has 2 rings (SSSR count). The largest absolute Gasteiger partial charge is 1.00 e. The minimum Gasteiger partial charge on any atom is -1.00 e. The Morgan fingerprint density at radius 3 is 2.35 bits per heavy atom. The molecular weight excluding hydrogens is 329 g/mol. The van der Waals surface area contributed by atoms with E-state index in [9.17, 15) is 4.79 Å². The van der Waals surface area contributed by atoms with Crippen molar-refractivity contribution in [2.45, 2.75) is 52.4 Å². The van der Waals surface area contributed by atoms with Crippen LogP contribution < -0.4 is 28.6 Å². The van der Waals surface area contributed by atoms with Crippen LogP contribution in [0.15, 0.2) is 22.1 Å². The first-order chi connectivity index (χ1) is 8.68. The van der Waals surface area contributed by atoms with E-state index in [0.717, 1.165) is 19.3 Å². The Labute approximate surface area is 140 Å². The number of nitrogens with one attached hydrogen (secondary N) is 1. The summed E-state index contributed by atoms with van der Waals surface area (Å²) in [6, 6.07) is 0. The molecule has 0 bridgehead atoms. The average molecular weight is 352 g/mol. The predicted octanol–water partition coefficient (Wildman–Crippen LogP) is -2.72. The van der Waals surface area contributed by atoms with E-state index in [2.05, 4.69) is 35.9 Å². The molecule has 1 saturated carbocycles. The van der Waals surface area contributed by atoms with Gasteiger partial charge in [0.1, 0.15) is 0 Å². The number of rotatable bonds is 3. The smallest absolute Gasteiger partial charge is 1.00 e. The normalized spacial score (nSPS) is 17.1. The fraction of sp³-hybridized carbons (Fsp3) is 0.600. The Morgan fingerprint density at radius 2 is 1.85 bits per heavy atom. The second kappa shape index (κ2) is 9.94. The van der Waals surface area contributed by atoms with Crippen LogP contribution in [0.4, 0.5) is 0 Å². The van der Waals surface area contributed by atoms with Crippen LogP contribution in [0.2, 0.25) is 0 Å². The van der Waals surface area contributed by atoms with Crippen molar-refractivity contribution in [1.29, 1.82) is 0 Å². The van der Waals surface area contributed by atoms with Crippen molar-refractivity contribution in [3.63, 3.8) is 0 Å². The third-order valence-electron chi connectivity index (χ3n) is 3.82. The van der Waals surface area contributed by atoms with Gasteiger partial charge in [0.05, 0.1) is 0 Å². The Bertz CT molecular complexity index is 420. The molecule has 1 N–H and O–H groups in total. The maximum Gasteiger partial charge on any atom is -1.00 e. The molecule has 2 aliphatic carbocycles. The first-order valence-electron chi connectivity index (χ1n) is 7.03. The quantitative estimate of drug-likeness (QED) is 0.550. The van der Waals surface area contributed by atoms with Gasteiger partial charge in [-0.1, -0.05) is 0 Å². The zero-order chi connectivity index (χ0) is 13.0. The van der Waals surface area contributed by atoms with Crippen molar-refractivity contribution in [1.82, 2.24) is 3.80 Å². The van der Waals surface area contributed by atoms with E-state index in [0.29, 0.717) is 5.91 Å². The van der Waals surface area contributed by atoms with E-state index in [1.807, 2.05) is 0 Å². The number of carbonyl (C=O) groups excluding carboxylic acids is 1. The molecule has 0 unspecified atom stereocenters. The summed E-state index contributed by atoms with van der Waals surface area (Å²) < 4.78 is 6.33. The van der Waals surface area contributed by atoms with Crippen molar-refractivity contribution in [2.75, 3.05) is 0 Å². The second-order valence-electron chi connectivity index (χ2n) is 5.52. The molecular formula is C15H23Cl2NOTi. The summed E-state index contributed by atoms with van der Waals surface area (Å²) in [5.74, 6) is 0.620. The molecule has 2 aliphatic rings. The van der Waals surface area contributed by atoms with Gasteiger partial charge in [0.25, 0.3) is 0 Å². The van der Waals surface area contributed by atoms with Crippen LogP contribution in [0.5, 0.6) is 0 Å². The molecule has 0 heterocycles. The number of carbonyl (C=O) groups is 1. The van der Waals surface area contributed by atoms with Crippen molar-refractivity contribution in [3.8, 4) is 0 Å². The zero-order valence-electron chi connectivity index (χ0n) is 12.2. The van der Waals surface area contributed by atoms with Crippen molar-refractivity contribution in [2.24, 2.45) is 5.92 Å². The maximum atomic E-state index is 12.3. The number of amides is 1. The fourth-order valence-electron chi connectivity index (χ4n) is 2.75. The molecule has 112 valence electrons. The summed E-state index contributed by atoms with van der Waals surface area (Å²) in [5, 5.41) is 0. The van der Waals surface area contributed by atoms with Crippen LogP contribution >= 0.6 is 0 Å². The summed E-state index contributed by atoms with van der Waals surface area (Å²) in [5.41, 5.74) is 0. The summed E-state index contributed by atoms with van der Waals surface area (Å²) in [4.78, 5) is 12.3. The van der Waals surface area contributed by atoms with Crippen LogP contribution in [-0.4, -0.2) is 9.72 Å². The van der Waals surface area contributed by atoms with Crippen molar-refractivity contribution >= 4 is 9.72 Å². The molecule has 0 saturated heterocycles. The summed E-state index contributed by atoms with van der Waals surface area (Å²) in [6.07, 6.45) is 13.5. The molecule has 1 amide bonds. The van der Waals surface area contributed by atoms with E-state index in [1.165, 1.54) is 27.0 Å². The third-order valence-corrected chi connectivity index (χ3v) is 7.74. The Morgan fingerprint density at radius 1 is 1.20 bits per heavy atom. The molecule has 2 nitrogen and oxygen atoms in total. The van der Waals surface area contributed by atoms with Crippen LogP contribution in [-0.2, 0) is 22.5 Å². The van der Waals surface area contributed by atoms with Crippen molar-refractivity contribution < 1.29 is 47.3 Å². The topological polar surface area (TPSA) is 29.1 Å². The third kappa shape index (κ3) is 5.48. The molecule has 0 aromatic carbocycles. The second-order valence-corrected chi connectivity index (χ2v) is 9.65. The fourth-order valence-corrected chi connectivity index (χ4v) is 6.01. The summed E-state index contributed by atoms with van der Waals surface area (Å²) >= 11 is -1.67. The van der Waals surface area contributed by atoms with Gasteiger partial charge in [-0.05, 0) is 0 Å². The number of hydrogen-bond donors (Lipinski definition) is 1. The van der Waals surface area contributed by atoms with Gasteiger partial charge >= 0.3 is 116 Å². The Balaban J connectivity index is 0.00000180.